The molecule has 0 fully saturated rings. The van der Waals surface area contributed by atoms with Crippen molar-refractivity contribution in [2.24, 2.45) is 5.73 Å². The molecule has 1 heterocycles. The van der Waals surface area contributed by atoms with Crippen molar-refractivity contribution < 1.29 is 29.4 Å². The molecule has 21 heavy (non-hydrogen) atoms. The fraction of sp³-hybridized carbons (Fsp3) is 0.462. The number of aliphatic carboxylic acids is 1. The van der Waals surface area contributed by atoms with E-state index in [1.807, 2.05) is 12.1 Å². The van der Waals surface area contributed by atoms with Gasteiger partial charge in [0.25, 0.3) is 5.97 Å². The van der Waals surface area contributed by atoms with E-state index in [4.69, 9.17) is 30.1 Å². The Morgan fingerprint density at radius 3 is 2.76 bits per heavy atom. The van der Waals surface area contributed by atoms with Crippen molar-refractivity contribution in [3.63, 3.8) is 0 Å². The van der Waals surface area contributed by atoms with Crippen LogP contribution in [0.5, 0.6) is 5.75 Å². The topological polar surface area (TPSA) is 122 Å². The molecule has 8 heteroatoms. The molecule has 0 aliphatic carbocycles. The number of aliphatic hydroxyl groups excluding tert-OH is 1. The monoisotopic (exact) mass is 297 g/mol. The molecule has 0 radical (unpaired) electrons. The fourth-order valence-corrected chi connectivity index (χ4v) is 1.89. The highest BCUT2D eigenvalue weighted by molar-refractivity contribution is 6.61. The van der Waals surface area contributed by atoms with Gasteiger partial charge in [-0.3, -0.25) is 4.79 Å². The first kappa shape index (κ1) is 17.4. The van der Waals surface area contributed by atoms with E-state index in [0.29, 0.717) is 30.8 Å². The number of hydrogen-bond donors (Lipinski definition) is 4. The Balaban J connectivity index is 0.000000491. The first-order valence-electron chi connectivity index (χ1n) is 6.60. The summed E-state index contributed by atoms with van der Waals surface area (Å²) in [7, 11) is -0.931. The predicted molar refractivity (Wildman–Crippen MR) is 77.4 cm³/mol. The number of ether oxygens (including phenoxy) is 1. The second-order valence-corrected chi connectivity index (χ2v) is 4.45. The predicted octanol–water partition coefficient (Wildman–Crippen LogP) is -0.744. The van der Waals surface area contributed by atoms with Crippen LogP contribution in [0.4, 0.5) is 0 Å². The molecule has 2 rings (SSSR count). The van der Waals surface area contributed by atoms with E-state index >= 15 is 0 Å². The van der Waals surface area contributed by atoms with Gasteiger partial charge >= 0.3 is 7.12 Å². The van der Waals surface area contributed by atoms with Gasteiger partial charge in [0.05, 0.1) is 12.7 Å². The maximum atomic E-state index is 9.71. The number of fused-ring (bicyclic) bond motifs is 1. The molecule has 1 aromatic carbocycles. The lowest BCUT2D eigenvalue weighted by Gasteiger charge is -2.09. The molecular weight excluding hydrogens is 277 g/mol. The smallest absolute Gasteiger partial charge is 0.492 e. The van der Waals surface area contributed by atoms with E-state index in [9.17, 15) is 5.02 Å². The Morgan fingerprint density at radius 1 is 1.52 bits per heavy atom. The lowest BCUT2D eigenvalue weighted by atomic mass is 9.79. The van der Waals surface area contributed by atoms with E-state index in [1.165, 1.54) is 0 Å². The molecule has 0 saturated carbocycles. The number of nitrogens with two attached hydrogens (primary N) is 1. The third kappa shape index (κ3) is 5.35. The summed E-state index contributed by atoms with van der Waals surface area (Å²) in [5.41, 5.74) is 7.17. The van der Waals surface area contributed by atoms with Crippen molar-refractivity contribution in [2.75, 3.05) is 19.8 Å². The van der Waals surface area contributed by atoms with Gasteiger partial charge < -0.3 is 30.4 Å². The Bertz CT molecular complexity index is 466. The van der Waals surface area contributed by atoms with Crippen molar-refractivity contribution in [1.29, 1.82) is 0 Å². The standard InChI is InChI=1S/C11H16BNO4.C2H4O2/c13-7-11-9-3-2-8(16-5-1-4-14)6-10(9)12(15)17-11;1-2(3)4/h2-3,6,11,14-15H,1,4-5,7,13H2;1H3,(H,3,4). The van der Waals surface area contributed by atoms with Crippen LogP contribution >= 0.6 is 0 Å². The zero-order chi connectivity index (χ0) is 15.8. The normalized spacial score (nSPS) is 16.0. The lowest BCUT2D eigenvalue weighted by molar-refractivity contribution is -0.134. The van der Waals surface area contributed by atoms with E-state index in [2.05, 4.69) is 0 Å². The summed E-state index contributed by atoms with van der Waals surface area (Å²) in [6.07, 6.45) is 0.341. The van der Waals surface area contributed by atoms with Crippen molar-refractivity contribution in [3.8, 4) is 5.75 Å². The van der Waals surface area contributed by atoms with Crippen LogP contribution in [0.15, 0.2) is 18.2 Å². The van der Waals surface area contributed by atoms with Gasteiger partial charge in [0.1, 0.15) is 5.75 Å². The SMILES string of the molecule is CC(=O)O.NCC1OB(O)c2cc(OCCCO)ccc21. The number of benzene rings is 1. The minimum absolute atomic E-state index is 0.103. The molecule has 7 nitrogen and oxygen atoms in total. The van der Waals surface area contributed by atoms with E-state index in [1.54, 1.807) is 6.07 Å². The second kappa shape index (κ2) is 8.63. The lowest BCUT2D eigenvalue weighted by Crippen LogP contribution is -2.28. The van der Waals surface area contributed by atoms with Gasteiger partial charge in [-0.15, -0.1) is 0 Å². The van der Waals surface area contributed by atoms with Gasteiger partial charge in [-0.2, -0.15) is 0 Å². The minimum atomic E-state index is -0.931. The van der Waals surface area contributed by atoms with Crippen LogP contribution in [0.3, 0.4) is 0 Å². The van der Waals surface area contributed by atoms with Crippen LogP contribution < -0.4 is 15.9 Å². The van der Waals surface area contributed by atoms with Gasteiger partial charge in [0.2, 0.25) is 0 Å². The zero-order valence-corrected chi connectivity index (χ0v) is 11.9. The molecule has 0 aromatic heterocycles. The quantitative estimate of drug-likeness (QED) is 0.417. The molecule has 0 bridgehead atoms. The van der Waals surface area contributed by atoms with Crippen molar-refractivity contribution in [2.45, 2.75) is 19.4 Å². The molecule has 0 saturated heterocycles. The maximum absolute atomic E-state index is 9.71. The number of carboxylic acids is 1. The first-order valence-corrected chi connectivity index (χ1v) is 6.60. The summed E-state index contributed by atoms with van der Waals surface area (Å²) < 4.78 is 10.7. The summed E-state index contributed by atoms with van der Waals surface area (Å²) in [5.74, 6) is -0.169. The van der Waals surface area contributed by atoms with Crippen molar-refractivity contribution >= 4 is 18.6 Å². The molecule has 1 aromatic rings. The summed E-state index contributed by atoms with van der Waals surface area (Å²) in [5, 5.41) is 25.8. The molecular formula is C13H20BNO6. The van der Waals surface area contributed by atoms with E-state index in [-0.39, 0.29) is 12.7 Å². The summed E-state index contributed by atoms with van der Waals surface area (Å²) >= 11 is 0. The average Bonchev–Trinajstić information content (AvgIpc) is 2.75. The number of aliphatic hydroxyl groups is 1. The zero-order valence-electron chi connectivity index (χ0n) is 11.9. The maximum Gasteiger partial charge on any atom is 0.492 e. The molecule has 5 N–H and O–H groups in total. The van der Waals surface area contributed by atoms with E-state index in [0.717, 1.165) is 12.5 Å². The summed E-state index contributed by atoms with van der Waals surface area (Å²) in [6, 6.07) is 5.44. The highest BCUT2D eigenvalue weighted by atomic mass is 16.5. The van der Waals surface area contributed by atoms with Gasteiger partial charge in [-0.05, 0) is 23.2 Å². The highest BCUT2D eigenvalue weighted by Crippen LogP contribution is 2.24. The van der Waals surface area contributed by atoms with Gasteiger partial charge in [-0.25, -0.2) is 0 Å². The van der Waals surface area contributed by atoms with Crippen molar-refractivity contribution in [1.82, 2.24) is 0 Å². The van der Waals surface area contributed by atoms with Crippen LogP contribution in [0, 0.1) is 0 Å². The van der Waals surface area contributed by atoms with Crippen LogP contribution in [0.25, 0.3) is 0 Å². The number of carboxylic acid groups (broad SMARTS) is 1. The Hall–Kier alpha value is -1.61. The third-order valence-corrected chi connectivity index (χ3v) is 2.75. The first-order chi connectivity index (χ1) is 9.99. The van der Waals surface area contributed by atoms with Crippen LogP contribution in [0.2, 0.25) is 0 Å². The van der Waals surface area contributed by atoms with E-state index < -0.39 is 13.1 Å². The molecule has 1 aliphatic heterocycles. The largest absolute Gasteiger partial charge is 0.494 e. The number of carbonyl (C=O) groups is 1. The summed E-state index contributed by atoms with van der Waals surface area (Å²) in [6.45, 7) is 1.98. The summed E-state index contributed by atoms with van der Waals surface area (Å²) in [4.78, 5) is 9.00. The molecule has 0 amide bonds. The molecule has 1 unspecified atom stereocenters. The molecule has 1 aliphatic rings. The second-order valence-electron chi connectivity index (χ2n) is 4.45. The third-order valence-electron chi connectivity index (χ3n) is 2.75. The van der Waals surface area contributed by atoms with Gasteiger partial charge in [0.15, 0.2) is 0 Å². The van der Waals surface area contributed by atoms with Crippen LogP contribution in [0.1, 0.15) is 25.0 Å². The number of hydrogen-bond acceptors (Lipinski definition) is 6. The minimum Gasteiger partial charge on any atom is -0.494 e. The number of rotatable bonds is 5. The Kier molecular flexibility index (Phi) is 7.17. The van der Waals surface area contributed by atoms with Crippen LogP contribution in [-0.2, 0) is 9.45 Å². The van der Waals surface area contributed by atoms with Crippen LogP contribution in [-0.4, -0.2) is 48.1 Å². The Labute approximate surface area is 123 Å². The fourth-order valence-electron chi connectivity index (χ4n) is 1.89. The van der Waals surface area contributed by atoms with Gasteiger partial charge in [-0.1, -0.05) is 6.07 Å². The molecule has 116 valence electrons. The Morgan fingerprint density at radius 2 is 2.19 bits per heavy atom. The van der Waals surface area contributed by atoms with Crippen molar-refractivity contribution in [3.05, 3.63) is 23.8 Å². The highest BCUT2D eigenvalue weighted by Gasteiger charge is 2.34. The van der Waals surface area contributed by atoms with Gasteiger partial charge in [0, 0.05) is 26.5 Å². The molecule has 0 spiro atoms. The average molecular weight is 297 g/mol. The molecule has 1 atom stereocenters.